The number of rotatable bonds is 16. The molecule has 18 heteroatoms. The van der Waals surface area contributed by atoms with E-state index in [0.717, 1.165) is 196 Å². The number of aromatic nitrogens is 6. The Labute approximate surface area is 802 Å². The van der Waals surface area contributed by atoms with Crippen molar-refractivity contribution in [1.29, 1.82) is 5.26 Å². The molecule has 6 aromatic heterocycles. The van der Waals surface area contributed by atoms with Crippen LogP contribution in [0.15, 0.2) is 447 Å². The van der Waals surface area contributed by atoms with Gasteiger partial charge >= 0.3 is 32.6 Å². The first-order valence-electron chi connectivity index (χ1n) is 46.4. The standard InChI is InChI=1S/C122H75B2F4N12/c1-76-25-27-83(28-26-76)99-69-70-114-118-105(99)17-11-19-106(118)121-132-116-72-48-88(75-134(116)124(128)140(114)121)82-41-57-93(58-42-82)135(90-51-31-77(32-52-90)79-35-59-96(60-36-79)137-109-20-7-3-13-100(109)101-14-4-8-21-110(101)137)94-63-43-85(44-64-94)108(73-129)119(130-2)86-45-65-95(66-46-86)136(91-53-33-78(34-54-91)80-37-61-97(62-38-80)138-111-22-9-5-15-102(111)103-16-6-10-23-112(103)138)92-55-39-81(40-56-92)87-47-71-115-131-120-107-68-67-98(84-29-49-89(50-30-84)122(125,126)127)104-18-12-24-113(117(104)107)139(120)123-133(115)74-87/h3-72,74-75H,1H3/q+2/b119-108-. The second kappa shape index (κ2) is 32.7. The number of fused-ring (bicyclic) bond motifs is 14. The predicted molar refractivity (Wildman–Crippen MR) is 559 cm³/mol. The van der Waals surface area contributed by atoms with Crippen molar-refractivity contribution in [3.63, 3.8) is 0 Å². The number of alkyl halides is 3. The molecular formula is C122H75B2F4N12+2. The summed E-state index contributed by atoms with van der Waals surface area (Å²) >= 11 is 0. The SMILES string of the molecule is [C-]#[N+]/C(=C(/C#N)c1ccc(N(c2ccc(-c3ccc(-n4c5ccccc5c5ccccc54)cc3)cc2)c2ccc(-c3ccc4[n+](c3)B(F)n3c(c5cccc6c(-c7ccc(C)cc7)ccc3c65)=N4)cc2)cc1)c1ccc(N(c2ccc(-c3ccc(-n4c5ccccc5c5ccccc54)cc3)cc2)c2ccc(-c3ccc4[n+](c3)[B]n3c(c5ccc(-c6ccc(C(F)(F)F)cc6)c6cccc3c65)=N4)cc2)cc1. The minimum absolute atomic E-state index is 0.198. The number of benzene rings is 18. The van der Waals surface area contributed by atoms with Gasteiger partial charge in [0.2, 0.25) is 16.7 Å². The first kappa shape index (κ1) is 82.2. The third-order valence-corrected chi connectivity index (χ3v) is 27.9. The molecule has 0 N–H and O–H groups in total. The lowest BCUT2D eigenvalue weighted by Crippen LogP contribution is -2.58. The lowest BCUT2D eigenvalue weighted by Gasteiger charge is -2.26. The van der Waals surface area contributed by atoms with E-state index >= 15 is 4.32 Å². The summed E-state index contributed by atoms with van der Waals surface area (Å²) in [5, 5.41) is 21.9. The Hall–Kier alpha value is -18.5. The molecule has 18 aromatic carbocycles. The average molecular weight is 1810 g/mol. The van der Waals surface area contributed by atoms with Crippen molar-refractivity contribution in [1.82, 2.24) is 18.1 Å². The van der Waals surface area contributed by atoms with E-state index < -0.39 is 19.0 Å². The quantitative estimate of drug-likeness (QED) is 0.0317. The molecule has 0 atom stereocenters. The van der Waals surface area contributed by atoms with Gasteiger partial charge in [0.15, 0.2) is 0 Å². The van der Waals surface area contributed by atoms with Crippen molar-refractivity contribution in [2.75, 3.05) is 9.80 Å². The van der Waals surface area contributed by atoms with Crippen molar-refractivity contribution in [3.8, 4) is 84.2 Å². The zero-order chi connectivity index (χ0) is 93.7. The van der Waals surface area contributed by atoms with Crippen molar-refractivity contribution in [2.45, 2.75) is 13.1 Å². The van der Waals surface area contributed by atoms with Gasteiger partial charge in [0.05, 0.1) is 69.0 Å². The fourth-order valence-electron chi connectivity index (χ4n) is 21.1. The maximum absolute atomic E-state index is 17.7. The van der Waals surface area contributed by atoms with E-state index in [1.807, 2.05) is 133 Å². The predicted octanol–water partition coefficient (Wildman–Crippen LogP) is 29.5. The molecule has 8 heterocycles. The molecule has 655 valence electrons. The second-order valence-corrected chi connectivity index (χ2v) is 35.8. The highest BCUT2D eigenvalue weighted by Crippen LogP contribution is 2.46. The van der Waals surface area contributed by atoms with Crippen molar-refractivity contribution >= 4 is 159 Å². The third-order valence-electron chi connectivity index (χ3n) is 27.9. The second-order valence-electron chi connectivity index (χ2n) is 35.8. The van der Waals surface area contributed by atoms with Crippen LogP contribution in [0.2, 0.25) is 0 Å². The number of anilines is 6. The number of nitriles is 1. The summed E-state index contributed by atoms with van der Waals surface area (Å²) in [6.45, 7) is 10.9. The van der Waals surface area contributed by atoms with Crippen LogP contribution in [0.25, 0.3) is 181 Å². The van der Waals surface area contributed by atoms with Gasteiger partial charge in [0.1, 0.15) is 0 Å². The van der Waals surface area contributed by atoms with E-state index in [9.17, 15) is 18.4 Å². The molecule has 0 saturated heterocycles. The molecule has 0 spiro atoms. The molecule has 0 bridgehead atoms. The van der Waals surface area contributed by atoms with Gasteiger partial charge in [-0.2, -0.15) is 18.4 Å². The van der Waals surface area contributed by atoms with Crippen molar-refractivity contribution < 1.29 is 26.4 Å². The summed E-state index contributed by atoms with van der Waals surface area (Å²) < 4.78 is 70.8. The maximum atomic E-state index is 17.7. The number of allylic oxidation sites excluding steroid dienone is 1. The molecule has 0 aliphatic carbocycles. The van der Waals surface area contributed by atoms with Crippen LogP contribution >= 0.6 is 0 Å². The van der Waals surface area contributed by atoms with Crippen LogP contribution in [0, 0.1) is 24.8 Å². The van der Waals surface area contributed by atoms with E-state index in [4.69, 9.17) is 16.6 Å². The molecule has 1 radical (unpaired) electrons. The first-order chi connectivity index (χ1) is 68.8. The van der Waals surface area contributed by atoms with Crippen LogP contribution in [0.1, 0.15) is 22.3 Å². The summed E-state index contributed by atoms with van der Waals surface area (Å²) in [5.74, 6) is 1.24. The van der Waals surface area contributed by atoms with Crippen LogP contribution < -0.4 is 29.7 Å². The molecule has 140 heavy (non-hydrogen) atoms. The molecule has 12 nitrogen and oxygen atoms in total. The van der Waals surface area contributed by atoms with Crippen LogP contribution in [0.4, 0.5) is 63.2 Å². The molecular weight excluding hydrogens is 1730 g/mol. The van der Waals surface area contributed by atoms with E-state index in [1.54, 1.807) is 8.96 Å². The molecule has 2 aliphatic rings. The Kier molecular flexibility index (Phi) is 19.2. The van der Waals surface area contributed by atoms with Gasteiger partial charge in [0, 0.05) is 112 Å². The number of pyridine rings is 2. The number of hydrogen-bond donors (Lipinski definition) is 0. The van der Waals surface area contributed by atoms with Gasteiger partial charge in [-0.1, -0.05) is 248 Å². The highest BCUT2D eigenvalue weighted by Gasteiger charge is 2.41. The minimum Gasteiger partial charge on any atom is -0.311 e. The average Bonchev–Trinajstić information content (AvgIpc) is 1.56. The smallest absolute Gasteiger partial charge is 0.311 e. The Balaban J connectivity index is 0.520. The van der Waals surface area contributed by atoms with Gasteiger partial charge in [-0.3, -0.25) is 13.3 Å². The highest BCUT2D eigenvalue weighted by atomic mass is 19.4. The Morgan fingerprint density at radius 2 is 0.721 bits per heavy atom. The van der Waals surface area contributed by atoms with Gasteiger partial charge in [-0.15, -0.1) is 0 Å². The van der Waals surface area contributed by atoms with Gasteiger partial charge < -0.3 is 23.4 Å². The zero-order valence-electron chi connectivity index (χ0n) is 75.1. The molecule has 26 rings (SSSR count). The normalized spacial score (nSPS) is 12.4. The fourth-order valence-corrected chi connectivity index (χ4v) is 21.1. The summed E-state index contributed by atoms with van der Waals surface area (Å²) in [6, 6.07) is 146. The Morgan fingerprint density at radius 1 is 0.357 bits per heavy atom. The number of hydrogen-bond acceptors (Lipinski definition) is 5. The van der Waals surface area contributed by atoms with Crippen LogP contribution in [0.3, 0.4) is 0 Å². The first-order valence-corrected chi connectivity index (χ1v) is 46.4. The van der Waals surface area contributed by atoms with Crippen LogP contribution in [0.5, 0.6) is 0 Å². The molecule has 0 unspecified atom stereocenters. The van der Waals surface area contributed by atoms with Gasteiger partial charge in [-0.05, 0) is 264 Å². The summed E-state index contributed by atoms with van der Waals surface area (Å²) in [5.41, 5.74) is 28.4. The van der Waals surface area contributed by atoms with E-state index in [0.29, 0.717) is 28.0 Å². The molecule has 0 amide bonds. The Bertz CT molecular complexity index is 9350. The lowest BCUT2D eigenvalue weighted by atomic mass is 9.95. The molecule has 0 fully saturated rings. The number of halogens is 4. The van der Waals surface area contributed by atoms with Crippen molar-refractivity contribution in [2.24, 2.45) is 9.98 Å². The minimum atomic E-state index is -4.44. The topological polar surface area (TPSA) is 86.8 Å². The number of para-hydroxylation sites is 4. The van der Waals surface area contributed by atoms with Gasteiger partial charge in [0.25, 0.3) is 0 Å². The summed E-state index contributed by atoms with van der Waals surface area (Å²) in [4.78, 5) is 18.9. The van der Waals surface area contributed by atoms with E-state index in [2.05, 4.69) is 333 Å². The zero-order valence-corrected chi connectivity index (χ0v) is 75.1. The molecule has 24 aromatic rings. The van der Waals surface area contributed by atoms with E-state index in [-0.39, 0.29) is 11.3 Å². The monoisotopic (exact) mass is 1810 g/mol. The lowest BCUT2D eigenvalue weighted by molar-refractivity contribution is -0.535. The number of nitrogens with zero attached hydrogens (tertiary/aromatic N) is 12. The third kappa shape index (κ3) is 13.6. The highest BCUT2D eigenvalue weighted by molar-refractivity contribution is 6.42. The largest absolute Gasteiger partial charge is 0.727 e. The fraction of sp³-hybridized carbons (Fsp3) is 0.0164. The van der Waals surface area contributed by atoms with Gasteiger partial charge in [-0.25, -0.2) is 9.32 Å². The summed E-state index contributed by atoms with van der Waals surface area (Å²) in [6.07, 6.45) is -0.519. The summed E-state index contributed by atoms with van der Waals surface area (Å²) in [7, 11) is 0.454. The Morgan fingerprint density at radius 3 is 1.19 bits per heavy atom. The maximum Gasteiger partial charge on any atom is 0.727 e. The molecule has 0 saturated carbocycles. The van der Waals surface area contributed by atoms with Crippen molar-refractivity contribution in [3.05, 3.63) is 482 Å². The molecule has 2 aliphatic heterocycles. The van der Waals surface area contributed by atoms with Crippen LogP contribution in [-0.2, 0) is 6.18 Å². The number of aryl methyl sites for hydroxylation is 1. The van der Waals surface area contributed by atoms with E-state index in [1.165, 1.54) is 39.2 Å². The van der Waals surface area contributed by atoms with Crippen LogP contribution in [-0.4, -0.2) is 32.9 Å².